The molecule has 1 nitrogen and oxygen atoms in total. The van der Waals surface area contributed by atoms with Gasteiger partial charge in [0.25, 0.3) is 0 Å². The molecule has 1 aromatic rings. The molecule has 0 saturated carbocycles. The molecule has 0 radical (unpaired) electrons. The first kappa shape index (κ1) is 11.5. The summed E-state index contributed by atoms with van der Waals surface area (Å²) < 4.78 is 6.21. The number of hydrogen-bond donors (Lipinski definition) is 0. The van der Waals surface area contributed by atoms with E-state index in [0.717, 1.165) is 12.2 Å². The largest absolute Gasteiger partial charge is 0.544 e. The quantitative estimate of drug-likeness (QED) is 0.697. The highest BCUT2D eigenvalue weighted by atomic mass is 28.4. The van der Waals surface area contributed by atoms with Gasteiger partial charge in [-0.3, -0.25) is 0 Å². The highest BCUT2D eigenvalue weighted by Crippen LogP contribution is 2.35. The number of benzene rings is 1. The third-order valence-corrected chi connectivity index (χ3v) is 3.58. The number of hydrogen-bond acceptors (Lipinski definition) is 1. The van der Waals surface area contributed by atoms with Crippen LogP contribution in [0.3, 0.4) is 0 Å². The number of allylic oxidation sites excluding steroid dienone is 1. The summed E-state index contributed by atoms with van der Waals surface area (Å²) in [5, 5.41) is 0. The zero-order valence-corrected chi connectivity index (χ0v) is 11.8. The van der Waals surface area contributed by atoms with E-state index in [9.17, 15) is 0 Å². The molecule has 0 N–H and O–H groups in total. The summed E-state index contributed by atoms with van der Waals surface area (Å²) in [6.45, 7) is 11.0. The zero-order chi connectivity index (χ0) is 11.9. The fourth-order valence-electron chi connectivity index (χ4n) is 2.10. The van der Waals surface area contributed by atoms with Crippen LogP contribution in [0.15, 0.2) is 23.8 Å². The Hall–Kier alpha value is -1.02. The van der Waals surface area contributed by atoms with E-state index in [1.807, 2.05) is 0 Å². The van der Waals surface area contributed by atoms with Gasteiger partial charge in [-0.1, -0.05) is 17.7 Å². The second-order valence-corrected chi connectivity index (χ2v) is 10.1. The van der Waals surface area contributed by atoms with Crippen LogP contribution in [0, 0.1) is 6.92 Å². The minimum atomic E-state index is -1.51. The van der Waals surface area contributed by atoms with Crippen LogP contribution >= 0.6 is 0 Å². The Morgan fingerprint density at radius 1 is 1.12 bits per heavy atom. The molecule has 0 unspecified atom stereocenters. The molecule has 16 heavy (non-hydrogen) atoms. The summed E-state index contributed by atoms with van der Waals surface area (Å²) >= 11 is 0. The van der Waals surface area contributed by atoms with Gasteiger partial charge < -0.3 is 4.43 Å². The third kappa shape index (κ3) is 2.22. The van der Waals surface area contributed by atoms with E-state index in [1.165, 1.54) is 22.3 Å². The first-order valence-corrected chi connectivity index (χ1v) is 9.26. The summed E-state index contributed by atoms with van der Waals surface area (Å²) in [6, 6.07) is 6.67. The molecule has 0 aromatic heterocycles. The average Bonchev–Trinajstić information content (AvgIpc) is 2.42. The van der Waals surface area contributed by atoms with E-state index in [0.29, 0.717) is 0 Å². The molecule has 0 atom stereocenters. The molecule has 0 spiro atoms. The van der Waals surface area contributed by atoms with E-state index in [1.54, 1.807) is 0 Å². The molecule has 1 aliphatic rings. The van der Waals surface area contributed by atoms with Crippen molar-refractivity contribution in [2.75, 3.05) is 0 Å². The van der Waals surface area contributed by atoms with Crippen molar-refractivity contribution in [2.24, 2.45) is 0 Å². The van der Waals surface area contributed by atoms with Crippen molar-refractivity contribution >= 4 is 14.1 Å². The topological polar surface area (TPSA) is 9.23 Å². The Labute approximate surface area is 99.3 Å². The fourth-order valence-corrected chi connectivity index (χ4v) is 3.00. The lowest BCUT2D eigenvalue weighted by atomic mass is 10.1. The second kappa shape index (κ2) is 3.77. The Bertz CT molecular complexity index is 452. The summed E-state index contributed by atoms with van der Waals surface area (Å²) in [4.78, 5) is 0. The van der Waals surface area contributed by atoms with E-state index in [4.69, 9.17) is 4.43 Å². The fraction of sp³-hybridized carbons (Fsp3) is 0.429. The maximum Gasteiger partial charge on any atom is 0.242 e. The molecule has 86 valence electrons. The van der Waals surface area contributed by atoms with Crippen molar-refractivity contribution in [3.63, 3.8) is 0 Å². The van der Waals surface area contributed by atoms with Crippen LogP contribution < -0.4 is 0 Å². The first-order valence-electron chi connectivity index (χ1n) is 5.85. The van der Waals surface area contributed by atoms with Gasteiger partial charge >= 0.3 is 0 Å². The number of fused-ring (bicyclic) bond motifs is 1. The van der Waals surface area contributed by atoms with Gasteiger partial charge in [0.15, 0.2) is 0 Å². The molecular formula is C14H20OSi. The van der Waals surface area contributed by atoms with Crippen molar-refractivity contribution in [2.45, 2.75) is 39.9 Å². The molecule has 0 heterocycles. The molecule has 0 amide bonds. The first-order chi connectivity index (χ1) is 7.37. The summed E-state index contributed by atoms with van der Waals surface area (Å²) in [6.07, 6.45) is 1.05. The highest BCUT2D eigenvalue weighted by molar-refractivity contribution is 6.70. The smallest absolute Gasteiger partial charge is 0.242 e. The lowest BCUT2D eigenvalue weighted by Crippen LogP contribution is -2.24. The van der Waals surface area contributed by atoms with Gasteiger partial charge in [-0.05, 0) is 57.1 Å². The molecule has 0 saturated heterocycles. The molecule has 2 rings (SSSR count). The number of aryl methyl sites for hydroxylation is 1. The van der Waals surface area contributed by atoms with Crippen LogP contribution in [0.25, 0.3) is 5.76 Å². The van der Waals surface area contributed by atoms with Crippen LogP contribution in [0.2, 0.25) is 19.6 Å². The van der Waals surface area contributed by atoms with Crippen molar-refractivity contribution in [3.05, 3.63) is 40.5 Å². The number of rotatable bonds is 2. The molecule has 0 bridgehead atoms. The Morgan fingerprint density at radius 3 is 2.44 bits per heavy atom. The van der Waals surface area contributed by atoms with Crippen LogP contribution in [-0.4, -0.2) is 8.32 Å². The van der Waals surface area contributed by atoms with Crippen molar-refractivity contribution in [1.29, 1.82) is 0 Å². The maximum atomic E-state index is 6.21. The van der Waals surface area contributed by atoms with Crippen molar-refractivity contribution in [1.82, 2.24) is 0 Å². The van der Waals surface area contributed by atoms with E-state index < -0.39 is 8.32 Å². The predicted octanol–water partition coefficient (Wildman–Crippen LogP) is 4.13. The summed E-state index contributed by atoms with van der Waals surface area (Å²) in [5.74, 6) is 1.15. The van der Waals surface area contributed by atoms with Gasteiger partial charge in [0.1, 0.15) is 5.76 Å². The maximum absolute atomic E-state index is 6.21. The second-order valence-electron chi connectivity index (χ2n) is 5.66. The summed E-state index contributed by atoms with van der Waals surface area (Å²) in [7, 11) is -1.51. The molecular weight excluding hydrogens is 212 g/mol. The molecule has 0 aliphatic heterocycles. The molecule has 1 aromatic carbocycles. The van der Waals surface area contributed by atoms with E-state index in [-0.39, 0.29) is 0 Å². The SMILES string of the molecule is CC1=C(O[Si](C)(C)C)c2cc(C)ccc2C1. The van der Waals surface area contributed by atoms with E-state index in [2.05, 4.69) is 51.7 Å². The average molecular weight is 232 g/mol. The van der Waals surface area contributed by atoms with Crippen LogP contribution in [0.1, 0.15) is 23.6 Å². The lowest BCUT2D eigenvalue weighted by Gasteiger charge is -2.22. The van der Waals surface area contributed by atoms with Gasteiger partial charge in [-0.2, -0.15) is 0 Å². The Balaban J connectivity index is 2.41. The Morgan fingerprint density at radius 2 is 1.81 bits per heavy atom. The van der Waals surface area contributed by atoms with Gasteiger partial charge in [-0.15, -0.1) is 0 Å². The highest BCUT2D eigenvalue weighted by Gasteiger charge is 2.25. The lowest BCUT2D eigenvalue weighted by molar-refractivity contribution is 0.512. The monoisotopic (exact) mass is 232 g/mol. The predicted molar refractivity (Wildman–Crippen MR) is 71.9 cm³/mol. The van der Waals surface area contributed by atoms with Gasteiger partial charge in [0, 0.05) is 5.56 Å². The minimum absolute atomic E-state index is 1.05. The van der Waals surface area contributed by atoms with Crippen LogP contribution in [0.4, 0.5) is 0 Å². The van der Waals surface area contributed by atoms with Gasteiger partial charge in [-0.25, -0.2) is 0 Å². The Kier molecular flexibility index (Phi) is 2.70. The minimum Gasteiger partial charge on any atom is -0.544 e. The van der Waals surface area contributed by atoms with Crippen LogP contribution in [-0.2, 0) is 10.8 Å². The summed E-state index contributed by atoms with van der Waals surface area (Å²) in [5.41, 5.74) is 5.42. The zero-order valence-electron chi connectivity index (χ0n) is 10.8. The molecule has 0 fully saturated rings. The standard InChI is InChI=1S/C14H20OSi/c1-10-6-7-12-9-11(2)14(13(12)8-10)15-16(3,4)5/h6-8H,9H2,1-5H3. The molecule has 2 heteroatoms. The molecule has 1 aliphatic carbocycles. The van der Waals surface area contributed by atoms with Crippen LogP contribution in [0.5, 0.6) is 0 Å². The van der Waals surface area contributed by atoms with Crippen molar-refractivity contribution < 1.29 is 4.43 Å². The van der Waals surface area contributed by atoms with E-state index >= 15 is 0 Å². The van der Waals surface area contributed by atoms with Gasteiger partial charge in [0.2, 0.25) is 8.32 Å². The normalized spacial score (nSPS) is 15.3. The van der Waals surface area contributed by atoms with Crippen molar-refractivity contribution in [3.8, 4) is 0 Å². The van der Waals surface area contributed by atoms with Gasteiger partial charge in [0.05, 0.1) is 0 Å². The third-order valence-electron chi connectivity index (χ3n) is 2.76.